The maximum absolute atomic E-state index is 13.4. The summed E-state index contributed by atoms with van der Waals surface area (Å²) >= 11 is 6.19. The first-order valence-corrected chi connectivity index (χ1v) is 11.8. The molecule has 2 amide bonds. The molecule has 1 aliphatic carbocycles. The van der Waals surface area contributed by atoms with Crippen molar-refractivity contribution in [3.63, 3.8) is 0 Å². The van der Waals surface area contributed by atoms with E-state index in [1.165, 1.54) is 18.3 Å². The van der Waals surface area contributed by atoms with Crippen LogP contribution in [0.3, 0.4) is 0 Å². The second-order valence-electron chi connectivity index (χ2n) is 9.09. The van der Waals surface area contributed by atoms with Gasteiger partial charge in [0.05, 0.1) is 22.3 Å². The lowest BCUT2D eigenvalue weighted by Crippen LogP contribution is -2.43. The Morgan fingerprint density at radius 3 is 2.79 bits per heavy atom. The van der Waals surface area contributed by atoms with Gasteiger partial charge in [-0.05, 0) is 62.3 Å². The first-order chi connectivity index (χ1) is 16.4. The number of hydrogen-bond acceptors (Lipinski definition) is 5. The maximum atomic E-state index is 13.4. The van der Waals surface area contributed by atoms with Gasteiger partial charge in [-0.1, -0.05) is 11.6 Å². The smallest absolute Gasteiger partial charge is 0.256 e. The lowest BCUT2D eigenvalue weighted by Gasteiger charge is -2.36. The van der Waals surface area contributed by atoms with Crippen molar-refractivity contribution in [2.45, 2.75) is 44.6 Å². The number of aromatic nitrogens is 3. The summed E-state index contributed by atoms with van der Waals surface area (Å²) in [7, 11) is 0. The van der Waals surface area contributed by atoms with Gasteiger partial charge < -0.3 is 15.3 Å². The van der Waals surface area contributed by atoms with E-state index in [0.29, 0.717) is 62.0 Å². The van der Waals surface area contributed by atoms with Crippen LogP contribution in [-0.4, -0.2) is 50.7 Å². The van der Waals surface area contributed by atoms with Gasteiger partial charge in [0, 0.05) is 31.6 Å². The van der Waals surface area contributed by atoms with E-state index in [1.807, 2.05) is 0 Å². The van der Waals surface area contributed by atoms with Crippen LogP contribution in [0.1, 0.15) is 48.0 Å². The molecule has 1 spiro atoms. The summed E-state index contributed by atoms with van der Waals surface area (Å²) in [6.07, 6.45) is 8.80. The number of aliphatic hydroxyl groups is 1. The number of rotatable bonds is 5. The molecule has 0 atom stereocenters. The highest BCUT2D eigenvalue weighted by atomic mass is 35.5. The average molecular weight is 486 g/mol. The largest absolute Gasteiger partial charge is 0.396 e. The molecule has 10 heteroatoms. The number of anilines is 1. The summed E-state index contributed by atoms with van der Waals surface area (Å²) in [4.78, 5) is 32.2. The third-order valence-corrected chi connectivity index (χ3v) is 7.35. The number of nitrogens with zero attached hydrogens (tertiary/aromatic N) is 4. The van der Waals surface area contributed by atoms with Gasteiger partial charge in [-0.2, -0.15) is 5.10 Å². The topological polar surface area (TPSA) is 99.8 Å². The molecule has 3 heterocycles. The molecule has 3 aromatic rings. The van der Waals surface area contributed by atoms with Gasteiger partial charge in [0.1, 0.15) is 11.4 Å². The quantitative estimate of drug-likeness (QED) is 0.578. The Balaban J connectivity index is 1.23. The van der Waals surface area contributed by atoms with Gasteiger partial charge in [0.25, 0.3) is 5.91 Å². The van der Waals surface area contributed by atoms with Crippen molar-refractivity contribution in [1.29, 1.82) is 0 Å². The lowest BCUT2D eigenvalue weighted by molar-refractivity contribution is -0.127. The molecule has 1 saturated heterocycles. The molecule has 34 heavy (non-hydrogen) atoms. The highest BCUT2D eigenvalue weighted by molar-refractivity contribution is 6.34. The summed E-state index contributed by atoms with van der Waals surface area (Å²) < 4.78 is 15.0. The number of carbonyl (C=O) groups excluding carboxylic acids is 2. The minimum atomic E-state index is -0.464. The molecule has 0 bridgehead atoms. The second-order valence-corrected chi connectivity index (χ2v) is 9.50. The third kappa shape index (κ3) is 4.03. The number of hydrogen-bond donors (Lipinski definition) is 2. The summed E-state index contributed by atoms with van der Waals surface area (Å²) in [5.74, 6) is -0.648. The Morgan fingerprint density at radius 2 is 2.06 bits per heavy atom. The molecule has 1 saturated carbocycles. The van der Waals surface area contributed by atoms with Crippen molar-refractivity contribution in [2.24, 2.45) is 5.41 Å². The van der Waals surface area contributed by atoms with Crippen LogP contribution in [0.2, 0.25) is 5.02 Å². The molecular weight excluding hydrogens is 461 g/mol. The number of nitrogens with one attached hydrogen (secondary N) is 1. The van der Waals surface area contributed by atoms with E-state index < -0.39 is 11.2 Å². The molecule has 5 rings (SSSR count). The number of carbonyl (C=O) groups is 2. The van der Waals surface area contributed by atoms with E-state index >= 15 is 0 Å². The molecule has 2 N–H and O–H groups in total. The average Bonchev–Trinajstić information content (AvgIpc) is 3.37. The highest BCUT2D eigenvalue weighted by Gasteiger charge is 2.49. The fourth-order valence-electron chi connectivity index (χ4n) is 5.12. The summed E-state index contributed by atoms with van der Waals surface area (Å²) in [6.45, 7) is 0.565. The molecule has 2 fully saturated rings. The van der Waals surface area contributed by atoms with Crippen molar-refractivity contribution >= 4 is 34.7 Å². The van der Waals surface area contributed by atoms with Crippen LogP contribution in [0.25, 0.3) is 5.65 Å². The Kier molecular flexibility index (Phi) is 5.99. The molecule has 0 radical (unpaired) electrons. The fourth-order valence-corrected chi connectivity index (χ4v) is 5.39. The molecule has 2 aliphatic rings. The summed E-state index contributed by atoms with van der Waals surface area (Å²) in [5.41, 5.74) is 1.77. The fraction of sp³-hybridized carbons (Fsp3) is 0.417. The first kappa shape index (κ1) is 22.7. The highest BCUT2D eigenvalue weighted by Crippen LogP contribution is 2.47. The summed E-state index contributed by atoms with van der Waals surface area (Å²) in [5, 5.41) is 16.6. The van der Waals surface area contributed by atoms with Gasteiger partial charge in [-0.3, -0.25) is 9.59 Å². The van der Waals surface area contributed by atoms with Crippen LogP contribution in [-0.2, 0) is 11.2 Å². The predicted molar refractivity (Wildman–Crippen MR) is 124 cm³/mol. The van der Waals surface area contributed by atoms with E-state index in [2.05, 4.69) is 15.4 Å². The normalized spacial score (nSPS) is 22.6. The van der Waals surface area contributed by atoms with Gasteiger partial charge in [-0.25, -0.2) is 13.9 Å². The first-order valence-electron chi connectivity index (χ1n) is 11.4. The van der Waals surface area contributed by atoms with Crippen LogP contribution >= 0.6 is 11.6 Å². The predicted octanol–water partition coefficient (Wildman–Crippen LogP) is 3.15. The van der Waals surface area contributed by atoms with Gasteiger partial charge in [-0.15, -0.1) is 0 Å². The molecule has 1 aliphatic heterocycles. The Labute approximate surface area is 200 Å². The molecule has 2 aromatic heterocycles. The number of amides is 2. The SMILES string of the molecule is O=C(N[C@H]1CC[C@@]2(CCN(c3ccc(F)cc3Cl)C2=O)CC1)c1cnn2cc(CCO)cnc12. The van der Waals surface area contributed by atoms with Gasteiger partial charge in [0.2, 0.25) is 5.91 Å². The van der Waals surface area contributed by atoms with E-state index in [0.717, 1.165) is 5.56 Å². The minimum Gasteiger partial charge on any atom is -0.396 e. The van der Waals surface area contributed by atoms with E-state index in [9.17, 15) is 14.0 Å². The van der Waals surface area contributed by atoms with E-state index in [1.54, 1.807) is 27.9 Å². The number of benzene rings is 1. The van der Waals surface area contributed by atoms with Crippen LogP contribution in [0, 0.1) is 11.2 Å². The Bertz CT molecular complexity index is 1250. The van der Waals surface area contributed by atoms with Crippen LogP contribution in [0.5, 0.6) is 0 Å². The number of halogens is 2. The zero-order valence-corrected chi connectivity index (χ0v) is 19.3. The van der Waals surface area contributed by atoms with Crippen LogP contribution in [0.15, 0.2) is 36.8 Å². The van der Waals surface area contributed by atoms with Gasteiger partial charge >= 0.3 is 0 Å². The van der Waals surface area contributed by atoms with Crippen LogP contribution in [0.4, 0.5) is 10.1 Å². The van der Waals surface area contributed by atoms with Gasteiger partial charge in [0.15, 0.2) is 5.65 Å². The van der Waals surface area contributed by atoms with Crippen molar-refractivity contribution in [2.75, 3.05) is 18.1 Å². The zero-order chi connectivity index (χ0) is 23.9. The minimum absolute atomic E-state index is 0.0160. The van der Waals surface area contributed by atoms with E-state index in [-0.39, 0.29) is 29.5 Å². The molecule has 8 nitrogen and oxygen atoms in total. The van der Waals surface area contributed by atoms with Crippen molar-refractivity contribution in [3.05, 3.63) is 58.8 Å². The lowest BCUT2D eigenvalue weighted by atomic mass is 9.71. The maximum Gasteiger partial charge on any atom is 0.256 e. The monoisotopic (exact) mass is 485 g/mol. The zero-order valence-electron chi connectivity index (χ0n) is 18.5. The molecular formula is C24H25ClFN5O3. The second kappa shape index (κ2) is 8.96. The van der Waals surface area contributed by atoms with Crippen molar-refractivity contribution in [1.82, 2.24) is 19.9 Å². The Morgan fingerprint density at radius 1 is 1.26 bits per heavy atom. The Hall–Kier alpha value is -3.04. The summed E-state index contributed by atoms with van der Waals surface area (Å²) in [6, 6.07) is 4.05. The number of aliphatic hydroxyl groups excluding tert-OH is 1. The molecule has 1 aromatic carbocycles. The van der Waals surface area contributed by atoms with Crippen LogP contribution < -0.4 is 10.2 Å². The van der Waals surface area contributed by atoms with E-state index in [4.69, 9.17) is 16.7 Å². The third-order valence-electron chi connectivity index (χ3n) is 7.05. The molecule has 0 unspecified atom stereocenters. The van der Waals surface area contributed by atoms with Crippen molar-refractivity contribution in [3.8, 4) is 0 Å². The molecule has 178 valence electrons. The number of fused-ring (bicyclic) bond motifs is 1. The standard InChI is InChI=1S/C24H25ClFN5O3/c25-19-11-16(26)1-2-20(19)30-9-8-24(23(30)34)6-3-17(4-7-24)29-22(33)18-13-28-31-14-15(5-10-32)12-27-21(18)31/h1-2,11-14,17,32H,3-10H2,(H,29,33)/t17-,24-. The van der Waals surface area contributed by atoms with Crippen molar-refractivity contribution < 1.29 is 19.1 Å².